The number of alkyl halides is 3. The standard InChI is InChI=1S/C11H13F3N4O/c12-11(13,14)8-1-4-16-10(17-8)18-5-2-7(3-6-18)9(15)19/h1,4,7H,2-3,5-6H2,(H2,15,19). The van der Waals surface area contributed by atoms with Gasteiger partial charge in [0, 0.05) is 25.2 Å². The molecule has 1 aromatic rings. The smallest absolute Gasteiger partial charge is 0.369 e. The molecule has 1 amide bonds. The molecule has 2 rings (SSSR count). The predicted molar refractivity (Wildman–Crippen MR) is 61.2 cm³/mol. The van der Waals surface area contributed by atoms with Gasteiger partial charge in [0.2, 0.25) is 11.9 Å². The number of hydrogen-bond donors (Lipinski definition) is 1. The van der Waals surface area contributed by atoms with Gasteiger partial charge in [0.25, 0.3) is 0 Å². The fourth-order valence-electron chi connectivity index (χ4n) is 2.02. The summed E-state index contributed by atoms with van der Waals surface area (Å²) in [6.07, 6.45) is -2.38. The quantitative estimate of drug-likeness (QED) is 0.879. The number of hydrogen-bond acceptors (Lipinski definition) is 4. The molecule has 0 aliphatic carbocycles. The number of anilines is 1. The second kappa shape index (κ2) is 5.02. The highest BCUT2D eigenvalue weighted by Gasteiger charge is 2.33. The van der Waals surface area contributed by atoms with E-state index in [4.69, 9.17) is 5.73 Å². The summed E-state index contributed by atoms with van der Waals surface area (Å²) in [7, 11) is 0. The molecule has 19 heavy (non-hydrogen) atoms. The molecular formula is C11H13F3N4O. The highest BCUT2D eigenvalue weighted by atomic mass is 19.4. The molecule has 0 unspecified atom stereocenters. The lowest BCUT2D eigenvalue weighted by Gasteiger charge is -2.30. The van der Waals surface area contributed by atoms with Crippen LogP contribution in [-0.4, -0.2) is 29.0 Å². The molecule has 0 radical (unpaired) electrons. The SMILES string of the molecule is NC(=O)C1CCN(c2nccc(C(F)(F)F)n2)CC1. The number of nitrogens with two attached hydrogens (primary N) is 1. The molecule has 0 bridgehead atoms. The number of nitrogens with zero attached hydrogens (tertiary/aromatic N) is 3. The summed E-state index contributed by atoms with van der Waals surface area (Å²) in [6.45, 7) is 0.851. The second-order valence-corrected chi connectivity index (χ2v) is 4.40. The summed E-state index contributed by atoms with van der Waals surface area (Å²) in [5, 5.41) is 0. The molecule has 0 aromatic carbocycles. The minimum absolute atomic E-state index is 0.0396. The lowest BCUT2D eigenvalue weighted by molar-refractivity contribution is -0.141. The summed E-state index contributed by atoms with van der Waals surface area (Å²) >= 11 is 0. The van der Waals surface area contributed by atoms with E-state index >= 15 is 0 Å². The van der Waals surface area contributed by atoms with Crippen molar-refractivity contribution in [1.29, 1.82) is 0 Å². The van der Waals surface area contributed by atoms with Crippen LogP contribution in [0.2, 0.25) is 0 Å². The van der Waals surface area contributed by atoms with E-state index in [2.05, 4.69) is 9.97 Å². The van der Waals surface area contributed by atoms with Gasteiger partial charge in [0.05, 0.1) is 0 Å². The Labute approximate surface area is 107 Å². The van der Waals surface area contributed by atoms with Crippen LogP contribution in [0.1, 0.15) is 18.5 Å². The topological polar surface area (TPSA) is 72.1 Å². The molecule has 1 aromatic heterocycles. The Morgan fingerprint density at radius 2 is 2.00 bits per heavy atom. The van der Waals surface area contributed by atoms with Crippen molar-refractivity contribution in [3.8, 4) is 0 Å². The van der Waals surface area contributed by atoms with Crippen LogP contribution in [0.5, 0.6) is 0 Å². The Hall–Kier alpha value is -1.86. The number of carbonyl (C=O) groups excluding carboxylic acids is 1. The zero-order valence-electron chi connectivity index (χ0n) is 10.0. The molecule has 1 aliphatic rings. The molecule has 1 aliphatic heterocycles. The van der Waals surface area contributed by atoms with Crippen LogP contribution >= 0.6 is 0 Å². The molecule has 104 valence electrons. The van der Waals surface area contributed by atoms with Gasteiger partial charge >= 0.3 is 6.18 Å². The normalized spacial score (nSPS) is 17.5. The number of carbonyl (C=O) groups is 1. The molecule has 0 saturated carbocycles. The summed E-state index contributed by atoms with van der Waals surface area (Å²) in [5.74, 6) is -0.551. The molecule has 5 nitrogen and oxygen atoms in total. The van der Waals surface area contributed by atoms with Gasteiger partial charge in [0.1, 0.15) is 5.69 Å². The highest BCUT2D eigenvalue weighted by molar-refractivity contribution is 5.76. The van der Waals surface area contributed by atoms with Crippen LogP contribution in [0.25, 0.3) is 0 Å². The molecule has 0 spiro atoms. The van der Waals surface area contributed by atoms with Crippen molar-refractivity contribution >= 4 is 11.9 Å². The van der Waals surface area contributed by atoms with Crippen molar-refractivity contribution in [2.45, 2.75) is 19.0 Å². The third kappa shape index (κ3) is 3.12. The van der Waals surface area contributed by atoms with Gasteiger partial charge in [-0.15, -0.1) is 0 Å². The van der Waals surface area contributed by atoms with Crippen LogP contribution in [0, 0.1) is 5.92 Å². The fourth-order valence-corrected chi connectivity index (χ4v) is 2.02. The Kier molecular flexibility index (Phi) is 3.59. The lowest BCUT2D eigenvalue weighted by Crippen LogP contribution is -2.39. The number of amides is 1. The number of piperidine rings is 1. The number of aromatic nitrogens is 2. The first-order valence-electron chi connectivity index (χ1n) is 5.82. The van der Waals surface area contributed by atoms with Gasteiger partial charge in [0.15, 0.2) is 0 Å². The number of rotatable bonds is 2. The Balaban J connectivity index is 2.10. The Morgan fingerprint density at radius 1 is 1.37 bits per heavy atom. The van der Waals surface area contributed by atoms with Crippen molar-refractivity contribution in [3.05, 3.63) is 18.0 Å². The third-order valence-corrected chi connectivity index (χ3v) is 3.11. The largest absolute Gasteiger partial charge is 0.433 e. The van der Waals surface area contributed by atoms with E-state index in [1.54, 1.807) is 4.90 Å². The average Bonchev–Trinajstić information content (AvgIpc) is 2.38. The monoisotopic (exact) mass is 274 g/mol. The maximum atomic E-state index is 12.5. The summed E-state index contributed by atoms with van der Waals surface area (Å²) < 4.78 is 37.6. The molecule has 2 N–H and O–H groups in total. The van der Waals surface area contributed by atoms with Gasteiger partial charge < -0.3 is 10.6 Å². The lowest BCUT2D eigenvalue weighted by atomic mass is 9.96. The Bertz CT molecular complexity index is 469. The van der Waals surface area contributed by atoms with Crippen LogP contribution in [-0.2, 0) is 11.0 Å². The Morgan fingerprint density at radius 3 is 2.53 bits per heavy atom. The van der Waals surface area contributed by atoms with E-state index in [1.807, 2.05) is 0 Å². The van der Waals surface area contributed by atoms with Crippen molar-refractivity contribution < 1.29 is 18.0 Å². The van der Waals surface area contributed by atoms with Crippen LogP contribution in [0.15, 0.2) is 12.3 Å². The maximum absolute atomic E-state index is 12.5. The summed E-state index contributed by atoms with van der Waals surface area (Å²) in [5.41, 5.74) is 4.23. The minimum atomic E-state index is -4.48. The summed E-state index contributed by atoms with van der Waals surface area (Å²) in [6, 6.07) is 0.833. The fraction of sp³-hybridized carbons (Fsp3) is 0.545. The van der Waals surface area contributed by atoms with E-state index in [9.17, 15) is 18.0 Å². The van der Waals surface area contributed by atoms with Gasteiger partial charge in [-0.3, -0.25) is 4.79 Å². The summed E-state index contributed by atoms with van der Waals surface area (Å²) in [4.78, 5) is 20.0. The van der Waals surface area contributed by atoms with Crippen molar-refractivity contribution in [2.24, 2.45) is 11.7 Å². The molecule has 1 saturated heterocycles. The van der Waals surface area contributed by atoms with Crippen LogP contribution in [0.4, 0.5) is 19.1 Å². The van der Waals surface area contributed by atoms with E-state index < -0.39 is 11.9 Å². The van der Waals surface area contributed by atoms with Gasteiger partial charge in [-0.05, 0) is 18.9 Å². The first kappa shape index (κ1) is 13.6. The number of halogens is 3. The third-order valence-electron chi connectivity index (χ3n) is 3.11. The molecular weight excluding hydrogens is 261 g/mol. The van der Waals surface area contributed by atoms with Gasteiger partial charge in [-0.2, -0.15) is 13.2 Å². The van der Waals surface area contributed by atoms with Crippen LogP contribution < -0.4 is 10.6 Å². The number of primary amides is 1. The second-order valence-electron chi connectivity index (χ2n) is 4.40. The zero-order valence-corrected chi connectivity index (χ0v) is 10.0. The molecule has 1 fully saturated rings. The molecule has 0 atom stereocenters. The highest BCUT2D eigenvalue weighted by Crippen LogP contribution is 2.29. The van der Waals surface area contributed by atoms with Crippen molar-refractivity contribution in [2.75, 3.05) is 18.0 Å². The van der Waals surface area contributed by atoms with Crippen molar-refractivity contribution in [1.82, 2.24) is 9.97 Å². The zero-order chi connectivity index (χ0) is 14.0. The van der Waals surface area contributed by atoms with Crippen molar-refractivity contribution in [3.63, 3.8) is 0 Å². The van der Waals surface area contributed by atoms with Crippen LogP contribution in [0.3, 0.4) is 0 Å². The van der Waals surface area contributed by atoms with E-state index in [1.165, 1.54) is 0 Å². The predicted octanol–water partition coefficient (Wildman–Crippen LogP) is 1.20. The minimum Gasteiger partial charge on any atom is -0.369 e. The first-order valence-corrected chi connectivity index (χ1v) is 5.82. The average molecular weight is 274 g/mol. The van der Waals surface area contributed by atoms with E-state index in [-0.39, 0.29) is 17.8 Å². The molecule has 2 heterocycles. The first-order chi connectivity index (χ1) is 8.88. The molecule has 8 heteroatoms. The van der Waals surface area contributed by atoms with E-state index in [0.29, 0.717) is 25.9 Å². The van der Waals surface area contributed by atoms with Gasteiger partial charge in [-0.1, -0.05) is 0 Å². The van der Waals surface area contributed by atoms with Gasteiger partial charge in [-0.25, -0.2) is 9.97 Å². The maximum Gasteiger partial charge on any atom is 0.433 e. The van der Waals surface area contributed by atoms with E-state index in [0.717, 1.165) is 12.3 Å².